The summed E-state index contributed by atoms with van der Waals surface area (Å²) in [6.45, 7) is 0.600. The van der Waals surface area contributed by atoms with Gasteiger partial charge in [-0.25, -0.2) is 8.42 Å². The maximum Gasteiger partial charge on any atom is 0.258 e. The van der Waals surface area contributed by atoms with Crippen LogP contribution in [0.25, 0.3) is 0 Å². The van der Waals surface area contributed by atoms with Crippen LogP contribution >= 0.6 is 0 Å². The molecule has 0 saturated heterocycles. The molecule has 1 amide bonds. The lowest BCUT2D eigenvalue weighted by Crippen LogP contribution is -2.35. The third-order valence-corrected chi connectivity index (χ3v) is 6.52. The number of sulfonamides is 1. The first-order valence-corrected chi connectivity index (χ1v) is 11.7. The van der Waals surface area contributed by atoms with Gasteiger partial charge in [0.2, 0.25) is 10.0 Å². The van der Waals surface area contributed by atoms with Crippen LogP contribution in [0, 0.1) is 0 Å². The van der Waals surface area contributed by atoms with Gasteiger partial charge in [0.15, 0.2) is 0 Å². The van der Waals surface area contributed by atoms with Crippen LogP contribution in [-0.4, -0.2) is 28.0 Å². The Labute approximate surface area is 182 Å². The number of carbonyl (C=O) groups is 1. The summed E-state index contributed by atoms with van der Waals surface area (Å²) in [5, 5.41) is 0. The number of hydrogen-bond donors (Lipinski definition) is 1. The number of benzene rings is 3. The van der Waals surface area contributed by atoms with E-state index >= 15 is 0 Å². The fraction of sp³-hybridized carbons (Fsp3) is 0.208. The molecule has 1 aliphatic rings. The van der Waals surface area contributed by atoms with Crippen molar-refractivity contribution in [3.63, 3.8) is 0 Å². The Hall–Kier alpha value is -3.32. The van der Waals surface area contributed by atoms with Crippen molar-refractivity contribution in [3.8, 4) is 5.75 Å². The summed E-state index contributed by atoms with van der Waals surface area (Å²) < 4.78 is 33.2. The molecule has 3 aromatic rings. The molecule has 4 rings (SSSR count). The van der Waals surface area contributed by atoms with Crippen molar-refractivity contribution >= 4 is 27.3 Å². The fourth-order valence-corrected chi connectivity index (χ4v) is 4.93. The van der Waals surface area contributed by atoms with Gasteiger partial charge < -0.3 is 9.64 Å². The monoisotopic (exact) mass is 436 g/mol. The molecule has 0 spiro atoms. The number of hydrogen-bond acceptors (Lipinski definition) is 4. The van der Waals surface area contributed by atoms with Gasteiger partial charge in [0.25, 0.3) is 5.91 Å². The fourth-order valence-electron chi connectivity index (χ4n) is 3.74. The highest BCUT2D eigenvalue weighted by Gasteiger charge is 2.24. The van der Waals surface area contributed by atoms with Gasteiger partial charge in [0, 0.05) is 17.8 Å². The predicted octanol–water partition coefficient (Wildman–Crippen LogP) is 4.23. The number of carbonyl (C=O) groups excluding carboxylic acids is 1. The highest BCUT2D eigenvalue weighted by Crippen LogP contribution is 2.32. The lowest BCUT2D eigenvalue weighted by Gasteiger charge is -2.30. The summed E-state index contributed by atoms with van der Waals surface area (Å²) in [6, 6.07) is 21.4. The zero-order valence-corrected chi connectivity index (χ0v) is 18.1. The van der Waals surface area contributed by atoms with E-state index in [2.05, 4.69) is 4.72 Å². The predicted molar refractivity (Wildman–Crippen MR) is 122 cm³/mol. The number of nitrogens with zero attached hydrogens (tertiary/aromatic N) is 1. The molecule has 0 radical (unpaired) electrons. The van der Waals surface area contributed by atoms with Gasteiger partial charge in [0.05, 0.1) is 18.6 Å². The zero-order valence-electron chi connectivity index (χ0n) is 17.2. The van der Waals surface area contributed by atoms with E-state index in [0.29, 0.717) is 29.1 Å². The Bertz CT molecular complexity index is 1180. The van der Waals surface area contributed by atoms with Crippen LogP contribution in [0.5, 0.6) is 5.75 Å². The van der Waals surface area contributed by atoms with Crippen LogP contribution in [0.2, 0.25) is 0 Å². The molecule has 1 N–H and O–H groups in total. The average Bonchev–Trinajstić information content (AvgIpc) is 2.78. The second kappa shape index (κ2) is 8.81. The smallest absolute Gasteiger partial charge is 0.258 e. The van der Waals surface area contributed by atoms with E-state index in [1.54, 1.807) is 60.5 Å². The van der Waals surface area contributed by atoms with Gasteiger partial charge in [-0.05, 0) is 60.4 Å². The Morgan fingerprint density at radius 1 is 1.03 bits per heavy atom. The lowest BCUT2D eigenvalue weighted by molar-refractivity contribution is 0.0985. The molecule has 0 atom stereocenters. The molecular weight excluding hydrogens is 412 g/mol. The standard InChI is InChI=1S/C24H24N2O4S/c1-30-22-13-9-18(10-14-22)17-31(28,29)25-21-12-11-19-8-5-15-26(23(19)16-21)24(27)20-6-3-2-4-7-20/h2-4,6-7,9-14,16,25H,5,8,15,17H2,1H3. The number of amides is 1. The van der Waals surface area contributed by atoms with Crippen LogP contribution in [0.4, 0.5) is 11.4 Å². The average molecular weight is 437 g/mol. The van der Waals surface area contributed by atoms with E-state index in [0.717, 1.165) is 24.1 Å². The summed E-state index contributed by atoms with van der Waals surface area (Å²) >= 11 is 0. The maximum atomic E-state index is 13.0. The van der Waals surface area contributed by atoms with Crippen molar-refractivity contribution in [2.75, 3.05) is 23.3 Å². The van der Waals surface area contributed by atoms with E-state index in [9.17, 15) is 13.2 Å². The molecular formula is C24H24N2O4S. The highest BCUT2D eigenvalue weighted by atomic mass is 32.2. The first-order valence-electron chi connectivity index (χ1n) is 10.1. The summed E-state index contributed by atoms with van der Waals surface area (Å²) in [7, 11) is -2.05. The summed E-state index contributed by atoms with van der Waals surface area (Å²) in [5.41, 5.74) is 3.51. The second-order valence-corrected chi connectivity index (χ2v) is 9.20. The van der Waals surface area contributed by atoms with E-state index in [1.165, 1.54) is 0 Å². The van der Waals surface area contributed by atoms with Crippen LogP contribution in [0.1, 0.15) is 27.9 Å². The molecule has 7 heteroatoms. The number of aryl methyl sites for hydroxylation is 1. The first kappa shape index (κ1) is 20.9. The molecule has 1 heterocycles. The Balaban J connectivity index is 1.55. The summed E-state index contributed by atoms with van der Waals surface area (Å²) in [6.07, 6.45) is 1.72. The number of nitrogens with one attached hydrogen (secondary N) is 1. The molecule has 160 valence electrons. The summed E-state index contributed by atoms with van der Waals surface area (Å²) in [4.78, 5) is 14.8. The van der Waals surface area contributed by atoms with Gasteiger partial charge in [-0.2, -0.15) is 0 Å². The number of fused-ring (bicyclic) bond motifs is 1. The highest BCUT2D eigenvalue weighted by molar-refractivity contribution is 7.91. The molecule has 0 saturated carbocycles. The third-order valence-electron chi connectivity index (χ3n) is 5.26. The Morgan fingerprint density at radius 3 is 2.48 bits per heavy atom. The van der Waals surface area contributed by atoms with E-state index in [4.69, 9.17) is 4.74 Å². The minimum Gasteiger partial charge on any atom is -0.497 e. The molecule has 0 unspecified atom stereocenters. The molecule has 0 fully saturated rings. The Morgan fingerprint density at radius 2 is 1.77 bits per heavy atom. The van der Waals surface area contributed by atoms with Crippen LogP contribution < -0.4 is 14.4 Å². The van der Waals surface area contributed by atoms with Crippen molar-refractivity contribution in [2.24, 2.45) is 0 Å². The van der Waals surface area contributed by atoms with Crippen molar-refractivity contribution in [1.82, 2.24) is 0 Å². The maximum absolute atomic E-state index is 13.0. The van der Waals surface area contributed by atoms with E-state index in [1.807, 2.05) is 24.3 Å². The quantitative estimate of drug-likeness (QED) is 0.627. The number of anilines is 2. The molecule has 31 heavy (non-hydrogen) atoms. The summed E-state index contributed by atoms with van der Waals surface area (Å²) in [5.74, 6) is 0.438. The van der Waals surface area contributed by atoms with Gasteiger partial charge >= 0.3 is 0 Å². The molecule has 6 nitrogen and oxygen atoms in total. The van der Waals surface area contributed by atoms with Crippen molar-refractivity contribution in [2.45, 2.75) is 18.6 Å². The molecule has 0 aromatic heterocycles. The second-order valence-electron chi connectivity index (χ2n) is 7.48. The van der Waals surface area contributed by atoms with Crippen LogP contribution in [0.15, 0.2) is 72.8 Å². The zero-order chi connectivity index (χ0) is 21.8. The van der Waals surface area contributed by atoms with Gasteiger partial charge in [-0.3, -0.25) is 9.52 Å². The molecule has 1 aliphatic heterocycles. The van der Waals surface area contributed by atoms with E-state index in [-0.39, 0.29) is 11.7 Å². The van der Waals surface area contributed by atoms with Gasteiger partial charge in [-0.1, -0.05) is 36.4 Å². The third kappa shape index (κ3) is 4.88. The SMILES string of the molecule is COc1ccc(CS(=O)(=O)Nc2ccc3c(c2)N(C(=O)c2ccccc2)CCC3)cc1. The minimum absolute atomic E-state index is 0.0835. The molecule has 3 aromatic carbocycles. The lowest BCUT2D eigenvalue weighted by atomic mass is 10.00. The normalized spacial score (nSPS) is 13.4. The van der Waals surface area contributed by atoms with E-state index < -0.39 is 10.0 Å². The largest absolute Gasteiger partial charge is 0.497 e. The topological polar surface area (TPSA) is 75.7 Å². The van der Waals surface area contributed by atoms with Gasteiger partial charge in [-0.15, -0.1) is 0 Å². The number of methoxy groups -OCH3 is 1. The van der Waals surface area contributed by atoms with Crippen LogP contribution in [0.3, 0.4) is 0 Å². The number of rotatable bonds is 6. The van der Waals surface area contributed by atoms with Gasteiger partial charge in [0.1, 0.15) is 5.75 Å². The number of ether oxygens (including phenoxy) is 1. The van der Waals surface area contributed by atoms with Crippen molar-refractivity contribution < 1.29 is 17.9 Å². The van der Waals surface area contributed by atoms with Crippen molar-refractivity contribution in [3.05, 3.63) is 89.5 Å². The molecule has 0 bridgehead atoms. The molecule has 0 aliphatic carbocycles. The Kier molecular flexibility index (Phi) is 5.95. The first-order chi connectivity index (χ1) is 14.9. The van der Waals surface area contributed by atoms with Crippen LogP contribution in [-0.2, 0) is 22.2 Å². The van der Waals surface area contributed by atoms with Crippen molar-refractivity contribution in [1.29, 1.82) is 0 Å². The minimum atomic E-state index is -3.62.